The molecular formula is C26H36N6O3. The molecule has 35 heavy (non-hydrogen) atoms. The number of carbonyl (C=O) groups is 1. The molecule has 0 atom stereocenters. The van der Waals surface area contributed by atoms with Gasteiger partial charge in [0.05, 0.1) is 10.6 Å². The zero-order chi connectivity index (χ0) is 24.8. The molecule has 1 amide bonds. The van der Waals surface area contributed by atoms with Crippen LogP contribution in [-0.4, -0.2) is 47.0 Å². The van der Waals surface area contributed by atoms with E-state index in [1.54, 1.807) is 12.1 Å². The number of nitro benzene ring substituents is 1. The zero-order valence-corrected chi connectivity index (χ0v) is 20.8. The summed E-state index contributed by atoms with van der Waals surface area (Å²) in [6.07, 6.45) is 10.2. The molecule has 4 rings (SSSR count). The molecule has 2 aliphatic rings. The first-order valence-electron chi connectivity index (χ1n) is 12.8. The molecule has 2 aliphatic carbocycles. The van der Waals surface area contributed by atoms with Gasteiger partial charge in [0, 0.05) is 50.3 Å². The second-order valence-electron chi connectivity index (χ2n) is 9.94. The molecule has 1 aromatic carbocycles. The van der Waals surface area contributed by atoms with Crippen LogP contribution in [0, 0.1) is 10.1 Å². The smallest absolute Gasteiger partial charge is 0.269 e. The molecule has 2 N–H and O–H groups in total. The summed E-state index contributed by atoms with van der Waals surface area (Å²) in [7, 11) is 4.08. The van der Waals surface area contributed by atoms with Gasteiger partial charge in [-0.2, -0.15) is 4.98 Å². The molecule has 9 nitrogen and oxygen atoms in total. The van der Waals surface area contributed by atoms with Crippen molar-refractivity contribution in [3.05, 3.63) is 51.2 Å². The van der Waals surface area contributed by atoms with Crippen LogP contribution in [-0.2, 0) is 24.1 Å². The molecule has 0 spiro atoms. The summed E-state index contributed by atoms with van der Waals surface area (Å²) in [5.74, 6) is 1.84. The highest BCUT2D eigenvalue weighted by atomic mass is 16.6. The largest absolute Gasteiger partial charge is 0.362 e. The highest BCUT2D eigenvalue weighted by Crippen LogP contribution is 2.29. The van der Waals surface area contributed by atoms with Crippen molar-refractivity contribution in [2.24, 2.45) is 0 Å². The van der Waals surface area contributed by atoms with Crippen molar-refractivity contribution in [2.75, 3.05) is 24.3 Å². The number of nitro groups is 1. The number of non-ortho nitro benzene ring substituents is 1. The molecule has 1 heterocycles. The van der Waals surface area contributed by atoms with Crippen LogP contribution >= 0.6 is 0 Å². The Kier molecular flexibility index (Phi) is 8.15. The van der Waals surface area contributed by atoms with Gasteiger partial charge in [-0.05, 0) is 69.8 Å². The molecule has 0 radical (unpaired) electrons. The minimum absolute atomic E-state index is 0.0805. The first-order valence-corrected chi connectivity index (χ1v) is 12.8. The van der Waals surface area contributed by atoms with Crippen molar-refractivity contribution in [3.63, 3.8) is 0 Å². The number of nitrogens with one attached hydrogen (secondary N) is 2. The molecule has 1 saturated carbocycles. The van der Waals surface area contributed by atoms with E-state index < -0.39 is 4.92 Å². The maximum Gasteiger partial charge on any atom is 0.269 e. The van der Waals surface area contributed by atoms with Gasteiger partial charge in [0.2, 0.25) is 11.9 Å². The molecule has 0 saturated heterocycles. The number of rotatable bonds is 9. The van der Waals surface area contributed by atoms with Crippen molar-refractivity contribution in [1.82, 2.24) is 15.3 Å². The lowest BCUT2D eigenvalue weighted by molar-refractivity contribution is -0.384. The molecule has 1 fully saturated rings. The summed E-state index contributed by atoms with van der Waals surface area (Å²) >= 11 is 0. The summed E-state index contributed by atoms with van der Waals surface area (Å²) in [4.78, 5) is 34.5. The number of nitrogens with zero attached hydrogens (tertiary/aromatic N) is 4. The Bertz CT molecular complexity index is 1030. The average Bonchev–Trinajstić information content (AvgIpc) is 2.85. The van der Waals surface area contributed by atoms with E-state index in [9.17, 15) is 14.9 Å². The number of carbonyl (C=O) groups excluding carboxylic acids is 1. The van der Waals surface area contributed by atoms with E-state index in [0.717, 1.165) is 68.7 Å². The van der Waals surface area contributed by atoms with Crippen LogP contribution in [0.25, 0.3) is 0 Å². The highest BCUT2D eigenvalue weighted by Gasteiger charge is 2.24. The Morgan fingerprint density at radius 2 is 1.74 bits per heavy atom. The maximum absolute atomic E-state index is 12.4. The summed E-state index contributed by atoms with van der Waals surface area (Å²) < 4.78 is 0. The highest BCUT2D eigenvalue weighted by molar-refractivity contribution is 5.76. The van der Waals surface area contributed by atoms with E-state index in [1.807, 2.05) is 14.1 Å². The van der Waals surface area contributed by atoms with Crippen LogP contribution in [0.1, 0.15) is 68.2 Å². The number of benzene rings is 1. The molecular weight excluding hydrogens is 444 g/mol. The Labute approximate surface area is 206 Å². The quantitative estimate of drug-likeness (QED) is 0.409. The summed E-state index contributed by atoms with van der Waals surface area (Å²) in [6.45, 7) is 0. The van der Waals surface area contributed by atoms with Gasteiger partial charge in [0.25, 0.3) is 5.69 Å². The van der Waals surface area contributed by atoms with Gasteiger partial charge in [-0.3, -0.25) is 14.9 Å². The third-order valence-corrected chi connectivity index (χ3v) is 7.03. The van der Waals surface area contributed by atoms with Crippen molar-refractivity contribution in [2.45, 2.75) is 82.7 Å². The number of amides is 1. The number of hydrogen-bond donors (Lipinski definition) is 2. The lowest BCUT2D eigenvalue weighted by Gasteiger charge is -2.30. The topological polar surface area (TPSA) is 113 Å². The standard InChI is InChI=1S/C26H36N6O3/c1-31(2)25-22-7-3-4-8-23(22)29-26(30-25)28-20-14-12-19(13-15-20)27-24(33)9-5-6-18-10-16-21(17-11-18)32(34)35/h10-11,16-17,19-20H,3-9,12-15H2,1-2H3,(H,27,33)(H,28,29,30). The summed E-state index contributed by atoms with van der Waals surface area (Å²) in [6, 6.07) is 7.08. The Morgan fingerprint density at radius 3 is 2.43 bits per heavy atom. The van der Waals surface area contributed by atoms with Gasteiger partial charge in [0.1, 0.15) is 5.82 Å². The number of anilines is 2. The van der Waals surface area contributed by atoms with Gasteiger partial charge in [-0.25, -0.2) is 4.98 Å². The second kappa shape index (κ2) is 11.5. The average molecular weight is 481 g/mol. The molecule has 2 aromatic rings. The minimum Gasteiger partial charge on any atom is -0.362 e. The first kappa shape index (κ1) is 24.9. The fraction of sp³-hybridized carbons (Fsp3) is 0.577. The Hall–Kier alpha value is -3.23. The normalized spacial score (nSPS) is 19.5. The third-order valence-electron chi connectivity index (χ3n) is 7.03. The van der Waals surface area contributed by atoms with Gasteiger partial charge in [-0.15, -0.1) is 0 Å². The molecule has 0 bridgehead atoms. The van der Waals surface area contributed by atoms with Crippen molar-refractivity contribution < 1.29 is 9.72 Å². The number of hydrogen-bond acceptors (Lipinski definition) is 7. The number of fused-ring (bicyclic) bond motifs is 1. The monoisotopic (exact) mass is 480 g/mol. The fourth-order valence-corrected chi connectivity index (χ4v) is 5.11. The van der Waals surface area contributed by atoms with E-state index >= 15 is 0 Å². The number of aromatic nitrogens is 2. The van der Waals surface area contributed by atoms with Gasteiger partial charge in [0.15, 0.2) is 0 Å². The van der Waals surface area contributed by atoms with Gasteiger partial charge >= 0.3 is 0 Å². The summed E-state index contributed by atoms with van der Waals surface area (Å²) in [5, 5.41) is 17.5. The van der Waals surface area contributed by atoms with E-state index in [0.29, 0.717) is 12.5 Å². The van der Waals surface area contributed by atoms with Crippen molar-refractivity contribution in [1.29, 1.82) is 0 Å². The van der Waals surface area contributed by atoms with Crippen LogP contribution < -0.4 is 15.5 Å². The minimum atomic E-state index is -0.400. The van der Waals surface area contributed by atoms with E-state index in [-0.39, 0.29) is 17.6 Å². The predicted octanol–water partition coefficient (Wildman–Crippen LogP) is 4.19. The van der Waals surface area contributed by atoms with Crippen molar-refractivity contribution in [3.8, 4) is 0 Å². The zero-order valence-electron chi connectivity index (χ0n) is 20.8. The molecule has 188 valence electrons. The lowest BCUT2D eigenvalue weighted by Crippen LogP contribution is -2.40. The van der Waals surface area contributed by atoms with E-state index in [4.69, 9.17) is 9.97 Å². The maximum atomic E-state index is 12.4. The second-order valence-corrected chi connectivity index (χ2v) is 9.94. The van der Waals surface area contributed by atoms with Crippen LogP contribution in [0.4, 0.5) is 17.5 Å². The lowest BCUT2D eigenvalue weighted by atomic mass is 9.91. The summed E-state index contributed by atoms with van der Waals surface area (Å²) in [5.41, 5.74) is 3.59. The predicted molar refractivity (Wildman–Crippen MR) is 137 cm³/mol. The van der Waals surface area contributed by atoms with Crippen LogP contribution in [0.2, 0.25) is 0 Å². The van der Waals surface area contributed by atoms with E-state index in [2.05, 4.69) is 15.5 Å². The SMILES string of the molecule is CN(C)c1nc(NC2CCC(NC(=O)CCCc3ccc([N+](=O)[O-])cc3)CC2)nc2c1CCCC2. The van der Waals surface area contributed by atoms with E-state index in [1.165, 1.54) is 36.2 Å². The molecule has 0 aliphatic heterocycles. The van der Waals surface area contributed by atoms with Gasteiger partial charge in [-0.1, -0.05) is 12.1 Å². The van der Waals surface area contributed by atoms with Gasteiger partial charge < -0.3 is 15.5 Å². The third kappa shape index (κ3) is 6.68. The number of aryl methyl sites for hydroxylation is 2. The Morgan fingerprint density at radius 1 is 1.06 bits per heavy atom. The molecule has 1 aromatic heterocycles. The van der Waals surface area contributed by atoms with Crippen LogP contribution in [0.5, 0.6) is 0 Å². The van der Waals surface area contributed by atoms with Crippen molar-refractivity contribution >= 4 is 23.4 Å². The fourth-order valence-electron chi connectivity index (χ4n) is 5.11. The molecule has 9 heteroatoms. The van der Waals surface area contributed by atoms with Crippen LogP contribution in [0.15, 0.2) is 24.3 Å². The first-order chi connectivity index (χ1) is 16.9. The molecule has 0 unspecified atom stereocenters. The van der Waals surface area contributed by atoms with Crippen LogP contribution in [0.3, 0.4) is 0 Å². The Balaban J connectivity index is 1.20.